The van der Waals surface area contributed by atoms with Crippen molar-refractivity contribution in [2.45, 2.75) is 0 Å². The van der Waals surface area contributed by atoms with Crippen LogP contribution in [0.4, 0.5) is 0 Å². The average Bonchev–Trinajstić information content (AvgIpc) is 2.50. The first-order chi connectivity index (χ1) is 10.2. The highest BCUT2D eigenvalue weighted by atomic mass is 16.5. The molecule has 7 heteroatoms. The standard InChI is InChI=1S/C14H14N4O3/c1-9-7-15-14(17-13(9)19)18-16-8-10-5-4-6-11(20-2)12(10)21-3/h4-8H,1H2,2-3H3,(H,17,18,19)/b16-8+. The number of nitrogens with zero attached hydrogens (tertiary/aromatic N) is 3. The Hall–Kier alpha value is -2.96. The number of methoxy groups -OCH3 is 2. The van der Waals surface area contributed by atoms with E-state index in [0.717, 1.165) is 0 Å². The minimum Gasteiger partial charge on any atom is -0.493 e. The average molecular weight is 286 g/mol. The molecule has 0 atom stereocenters. The van der Waals surface area contributed by atoms with E-state index in [1.807, 2.05) is 0 Å². The Balaban J connectivity index is 2.21. The van der Waals surface area contributed by atoms with Crippen LogP contribution in [0.2, 0.25) is 0 Å². The molecule has 0 saturated carbocycles. The van der Waals surface area contributed by atoms with Gasteiger partial charge in [0.05, 0.1) is 26.0 Å². The first kappa shape index (κ1) is 14.4. The van der Waals surface area contributed by atoms with Crippen LogP contribution in [0.1, 0.15) is 5.56 Å². The number of hydrogen-bond donors (Lipinski definition) is 1. The predicted octanol–water partition coefficient (Wildman–Crippen LogP) is 1.15. The van der Waals surface area contributed by atoms with E-state index in [0.29, 0.717) is 17.1 Å². The van der Waals surface area contributed by atoms with Crippen LogP contribution in [-0.4, -0.2) is 38.5 Å². The van der Waals surface area contributed by atoms with Gasteiger partial charge in [0.1, 0.15) is 0 Å². The van der Waals surface area contributed by atoms with Crippen molar-refractivity contribution in [2.75, 3.05) is 14.2 Å². The molecule has 1 heterocycles. The molecule has 1 amide bonds. The second-order valence-electron chi connectivity index (χ2n) is 3.99. The fraction of sp³-hybridized carbons (Fsp3) is 0.143. The van der Waals surface area contributed by atoms with E-state index < -0.39 is 0 Å². The van der Waals surface area contributed by atoms with Gasteiger partial charge in [0.2, 0.25) is 5.96 Å². The lowest BCUT2D eigenvalue weighted by Gasteiger charge is -2.09. The van der Waals surface area contributed by atoms with Gasteiger partial charge in [-0.05, 0) is 12.1 Å². The Labute approximate surface area is 121 Å². The van der Waals surface area contributed by atoms with Gasteiger partial charge in [-0.25, -0.2) is 4.99 Å². The molecule has 0 aliphatic carbocycles. The summed E-state index contributed by atoms with van der Waals surface area (Å²) in [5.41, 5.74) is 0.962. The normalized spacial score (nSPS) is 16.4. The van der Waals surface area contributed by atoms with Crippen molar-refractivity contribution < 1.29 is 14.3 Å². The van der Waals surface area contributed by atoms with Crippen LogP contribution in [0.3, 0.4) is 0 Å². The van der Waals surface area contributed by atoms with Gasteiger partial charge in [0.15, 0.2) is 11.5 Å². The van der Waals surface area contributed by atoms with Gasteiger partial charge >= 0.3 is 0 Å². The maximum Gasteiger partial charge on any atom is 0.259 e. The Bertz CT molecular complexity index is 662. The Kier molecular flexibility index (Phi) is 4.45. The first-order valence-corrected chi connectivity index (χ1v) is 6.02. The number of hydrogen-bond acceptors (Lipinski definition) is 5. The van der Waals surface area contributed by atoms with Gasteiger partial charge < -0.3 is 9.47 Å². The number of carbonyl (C=O) groups is 1. The third-order valence-electron chi connectivity index (χ3n) is 2.64. The van der Waals surface area contributed by atoms with Crippen molar-refractivity contribution in [3.8, 4) is 11.5 Å². The number of benzene rings is 1. The second-order valence-corrected chi connectivity index (χ2v) is 3.99. The number of para-hydroxylation sites is 1. The number of amides is 1. The molecule has 0 spiro atoms. The van der Waals surface area contributed by atoms with Crippen molar-refractivity contribution in [2.24, 2.45) is 15.2 Å². The molecule has 0 saturated heterocycles. The Morgan fingerprint density at radius 1 is 1.33 bits per heavy atom. The summed E-state index contributed by atoms with van der Waals surface area (Å²) in [7, 11) is 3.09. The van der Waals surface area contributed by atoms with Gasteiger partial charge in [0.25, 0.3) is 5.91 Å². The highest BCUT2D eigenvalue weighted by Gasteiger charge is 2.12. The number of rotatable bonds is 4. The van der Waals surface area contributed by atoms with Crippen LogP contribution >= 0.6 is 0 Å². The lowest BCUT2D eigenvalue weighted by Crippen LogP contribution is -2.34. The molecule has 0 aromatic heterocycles. The Morgan fingerprint density at radius 3 is 2.81 bits per heavy atom. The molecule has 1 aliphatic heterocycles. The van der Waals surface area contributed by atoms with E-state index in [1.165, 1.54) is 12.4 Å². The molecule has 0 fully saturated rings. The van der Waals surface area contributed by atoms with E-state index >= 15 is 0 Å². The summed E-state index contributed by atoms with van der Waals surface area (Å²) in [6.07, 6.45) is 2.82. The first-order valence-electron chi connectivity index (χ1n) is 6.02. The second kappa shape index (κ2) is 6.47. The van der Waals surface area contributed by atoms with E-state index in [9.17, 15) is 4.79 Å². The maximum atomic E-state index is 11.4. The summed E-state index contributed by atoms with van der Waals surface area (Å²) in [5.74, 6) is 0.895. The van der Waals surface area contributed by atoms with E-state index in [1.54, 1.807) is 32.4 Å². The lowest BCUT2D eigenvalue weighted by molar-refractivity contribution is -0.115. The third-order valence-corrected chi connectivity index (χ3v) is 2.64. The predicted molar refractivity (Wildman–Crippen MR) is 80.3 cm³/mol. The molecule has 108 valence electrons. The van der Waals surface area contributed by atoms with Crippen molar-refractivity contribution in [3.05, 3.63) is 35.9 Å². The van der Waals surface area contributed by atoms with E-state index in [4.69, 9.17) is 9.47 Å². The molecule has 0 radical (unpaired) electrons. The van der Waals surface area contributed by atoms with Crippen molar-refractivity contribution in [1.29, 1.82) is 0 Å². The number of carbonyl (C=O) groups excluding carboxylic acids is 1. The van der Waals surface area contributed by atoms with Gasteiger partial charge in [-0.15, -0.1) is 5.10 Å². The molecule has 0 bridgehead atoms. The zero-order chi connectivity index (χ0) is 15.2. The molecule has 1 aromatic carbocycles. The van der Waals surface area contributed by atoms with Crippen LogP contribution < -0.4 is 14.8 Å². The molecule has 0 unspecified atom stereocenters. The van der Waals surface area contributed by atoms with Crippen molar-refractivity contribution >= 4 is 24.3 Å². The highest BCUT2D eigenvalue weighted by molar-refractivity contribution is 6.22. The van der Waals surface area contributed by atoms with Gasteiger partial charge in [0, 0.05) is 11.8 Å². The summed E-state index contributed by atoms with van der Waals surface area (Å²) >= 11 is 0. The van der Waals surface area contributed by atoms with Gasteiger partial charge in [-0.2, -0.15) is 5.10 Å². The number of ether oxygens (including phenoxy) is 2. The number of guanidine groups is 1. The van der Waals surface area contributed by atoms with Gasteiger partial charge in [-0.1, -0.05) is 12.6 Å². The summed E-state index contributed by atoms with van der Waals surface area (Å²) in [5, 5.41) is 10.1. The minimum absolute atomic E-state index is 0.102. The summed E-state index contributed by atoms with van der Waals surface area (Å²) < 4.78 is 10.5. The smallest absolute Gasteiger partial charge is 0.259 e. The molecule has 1 aliphatic rings. The Morgan fingerprint density at radius 2 is 2.14 bits per heavy atom. The topological polar surface area (TPSA) is 84.6 Å². The molecular weight excluding hydrogens is 272 g/mol. The third kappa shape index (κ3) is 3.33. The summed E-state index contributed by atoms with van der Waals surface area (Å²) in [6, 6.07) is 5.38. The molecule has 21 heavy (non-hydrogen) atoms. The highest BCUT2D eigenvalue weighted by Crippen LogP contribution is 2.29. The van der Waals surface area contributed by atoms with Crippen LogP contribution in [0.25, 0.3) is 0 Å². The number of aliphatic imine (C=N–C) groups is 1. The van der Waals surface area contributed by atoms with Crippen LogP contribution in [0.15, 0.2) is 45.5 Å². The van der Waals surface area contributed by atoms with Crippen LogP contribution in [-0.2, 0) is 4.79 Å². The van der Waals surface area contributed by atoms with Crippen molar-refractivity contribution in [1.82, 2.24) is 5.32 Å². The zero-order valence-electron chi connectivity index (χ0n) is 11.7. The monoisotopic (exact) mass is 286 g/mol. The zero-order valence-corrected chi connectivity index (χ0v) is 11.7. The SMILES string of the molecule is C=C1C=N/C(=N/N=C/c2cccc(OC)c2OC)NC1=O. The fourth-order valence-corrected chi connectivity index (χ4v) is 1.62. The van der Waals surface area contributed by atoms with Gasteiger partial charge in [-0.3, -0.25) is 10.1 Å². The largest absolute Gasteiger partial charge is 0.493 e. The molecule has 1 aromatic rings. The quantitative estimate of drug-likeness (QED) is 0.512. The van der Waals surface area contributed by atoms with Crippen LogP contribution in [0.5, 0.6) is 11.5 Å². The van der Waals surface area contributed by atoms with E-state index in [-0.39, 0.29) is 17.4 Å². The van der Waals surface area contributed by atoms with E-state index in [2.05, 4.69) is 27.1 Å². The molecule has 7 nitrogen and oxygen atoms in total. The molecular formula is C14H14N4O3. The minimum atomic E-state index is -0.349. The molecule has 1 N–H and O–H groups in total. The molecule has 2 rings (SSSR count). The fourth-order valence-electron chi connectivity index (χ4n) is 1.62. The number of nitrogens with one attached hydrogen (secondary N) is 1. The summed E-state index contributed by atoms with van der Waals surface area (Å²) in [4.78, 5) is 15.2. The summed E-state index contributed by atoms with van der Waals surface area (Å²) in [6.45, 7) is 3.51. The lowest BCUT2D eigenvalue weighted by atomic mass is 10.2. The maximum absolute atomic E-state index is 11.4. The van der Waals surface area contributed by atoms with Crippen LogP contribution in [0, 0.1) is 0 Å². The van der Waals surface area contributed by atoms with Crippen molar-refractivity contribution in [3.63, 3.8) is 0 Å².